The number of amides is 1. The summed E-state index contributed by atoms with van der Waals surface area (Å²) < 4.78 is 6.89. The quantitative estimate of drug-likeness (QED) is 0.249. The summed E-state index contributed by atoms with van der Waals surface area (Å²) in [5.74, 6) is -0.263. The normalized spacial score (nSPS) is 10.6. The highest BCUT2D eigenvalue weighted by Crippen LogP contribution is 2.34. The van der Waals surface area contributed by atoms with E-state index < -0.39 is 4.92 Å². The number of nitrogens with one attached hydrogen (secondary N) is 1. The van der Waals surface area contributed by atoms with Crippen LogP contribution in [0.2, 0.25) is 5.02 Å². The van der Waals surface area contributed by atoms with E-state index in [1.165, 1.54) is 28.6 Å². The molecule has 4 rings (SSSR count). The molecule has 0 spiro atoms. The maximum Gasteiger partial charge on any atom is 0.311 e. The first-order chi connectivity index (χ1) is 16.0. The number of hydrogen-bond acceptors (Lipinski definition) is 6. The molecule has 1 N–H and O–H groups in total. The van der Waals surface area contributed by atoms with Crippen molar-refractivity contribution >= 4 is 40.6 Å². The van der Waals surface area contributed by atoms with Crippen LogP contribution in [0.15, 0.2) is 94.9 Å². The molecule has 33 heavy (non-hydrogen) atoms. The molecule has 0 aliphatic rings. The Kier molecular flexibility index (Phi) is 6.92. The Balaban J connectivity index is 1.42. The van der Waals surface area contributed by atoms with Crippen LogP contribution in [0.5, 0.6) is 5.75 Å². The minimum Gasteiger partial charge on any atom is -0.464 e. The molecule has 0 atom stereocenters. The fourth-order valence-corrected chi connectivity index (χ4v) is 3.92. The minimum absolute atomic E-state index is 0.0822. The first-order valence-corrected chi connectivity index (χ1v) is 10.9. The van der Waals surface area contributed by atoms with Crippen molar-refractivity contribution in [3.8, 4) is 5.75 Å². The number of anilines is 1. The summed E-state index contributed by atoms with van der Waals surface area (Å²) in [6.07, 6.45) is 1.57. The highest BCUT2D eigenvalue weighted by Gasteiger charge is 2.15. The number of para-hydroxylation sites is 3. The molecule has 0 radical (unpaired) electrons. The van der Waals surface area contributed by atoms with Crippen LogP contribution in [0.1, 0.15) is 10.5 Å². The van der Waals surface area contributed by atoms with Gasteiger partial charge in [-0.15, -0.1) is 0 Å². The molecule has 0 aliphatic carbocycles. The lowest BCUT2D eigenvalue weighted by atomic mass is 10.3. The number of nitrogens with zero attached hydrogens (tertiary/aromatic N) is 3. The number of hydrogen-bond donors (Lipinski definition) is 1. The number of ether oxygens (including phenoxy) is 1. The fourth-order valence-electron chi connectivity index (χ4n) is 2.90. The summed E-state index contributed by atoms with van der Waals surface area (Å²) in [6.45, 7) is -0.0822. The number of rotatable bonds is 8. The van der Waals surface area contributed by atoms with E-state index in [1.807, 2.05) is 48.5 Å². The second-order valence-corrected chi connectivity index (χ2v) is 8.30. The summed E-state index contributed by atoms with van der Waals surface area (Å²) in [5.41, 5.74) is 0.693. The van der Waals surface area contributed by atoms with Crippen molar-refractivity contribution in [2.45, 2.75) is 16.5 Å². The Bertz CT molecular complexity index is 1290. The van der Waals surface area contributed by atoms with Gasteiger partial charge < -0.3 is 10.1 Å². The molecule has 0 saturated carbocycles. The van der Waals surface area contributed by atoms with Crippen LogP contribution in [0.25, 0.3) is 0 Å². The van der Waals surface area contributed by atoms with Crippen LogP contribution < -0.4 is 10.1 Å². The molecule has 0 bridgehead atoms. The number of nitro benzene ring substituents is 1. The Hall–Kier alpha value is -3.82. The molecule has 166 valence electrons. The zero-order valence-electron chi connectivity index (χ0n) is 17.1. The molecule has 10 heteroatoms. The number of halogens is 1. The molecule has 0 saturated heterocycles. The Morgan fingerprint density at radius 2 is 1.79 bits per heavy atom. The summed E-state index contributed by atoms with van der Waals surface area (Å²) in [7, 11) is 0. The Morgan fingerprint density at radius 3 is 2.58 bits per heavy atom. The van der Waals surface area contributed by atoms with E-state index in [9.17, 15) is 14.9 Å². The summed E-state index contributed by atoms with van der Waals surface area (Å²) in [5, 5.41) is 18.8. The van der Waals surface area contributed by atoms with Gasteiger partial charge >= 0.3 is 5.69 Å². The lowest BCUT2D eigenvalue weighted by molar-refractivity contribution is -0.386. The highest BCUT2D eigenvalue weighted by molar-refractivity contribution is 7.99. The zero-order valence-corrected chi connectivity index (χ0v) is 18.6. The maximum atomic E-state index is 12.8. The third kappa shape index (κ3) is 5.71. The largest absolute Gasteiger partial charge is 0.464 e. The maximum absolute atomic E-state index is 12.8. The lowest BCUT2D eigenvalue weighted by Gasteiger charge is -2.10. The number of aromatic nitrogens is 2. The van der Waals surface area contributed by atoms with Gasteiger partial charge in [0.2, 0.25) is 0 Å². The van der Waals surface area contributed by atoms with Crippen LogP contribution in [0.3, 0.4) is 0 Å². The van der Waals surface area contributed by atoms with Crippen LogP contribution in [0, 0.1) is 10.1 Å². The molecule has 0 fully saturated rings. The van der Waals surface area contributed by atoms with Gasteiger partial charge in [-0.3, -0.25) is 14.9 Å². The van der Waals surface area contributed by atoms with Crippen LogP contribution >= 0.6 is 23.4 Å². The number of benzene rings is 3. The van der Waals surface area contributed by atoms with Gasteiger partial charge in [-0.1, -0.05) is 47.6 Å². The van der Waals surface area contributed by atoms with Crippen molar-refractivity contribution in [1.82, 2.24) is 9.78 Å². The van der Waals surface area contributed by atoms with Gasteiger partial charge in [-0.05, 0) is 48.5 Å². The number of carbonyl (C=O) groups is 1. The van der Waals surface area contributed by atoms with Crippen molar-refractivity contribution in [2.24, 2.45) is 0 Å². The first kappa shape index (κ1) is 22.4. The average molecular weight is 481 g/mol. The second-order valence-electron chi connectivity index (χ2n) is 6.74. The number of nitro groups is 1. The molecule has 8 nitrogen and oxygen atoms in total. The molecule has 0 aliphatic heterocycles. The SMILES string of the molecule is O=C(Nc1ccccc1Sc1ccc(Cl)cc1)c1ccn(COc2ccccc2[N+](=O)[O-])n1. The van der Waals surface area contributed by atoms with Crippen molar-refractivity contribution in [2.75, 3.05) is 5.32 Å². The van der Waals surface area contributed by atoms with Gasteiger partial charge in [-0.2, -0.15) is 5.10 Å². The van der Waals surface area contributed by atoms with Crippen LogP contribution in [-0.2, 0) is 6.73 Å². The molecule has 1 amide bonds. The van der Waals surface area contributed by atoms with Gasteiger partial charge in [0.25, 0.3) is 5.91 Å². The Morgan fingerprint density at radius 1 is 1.06 bits per heavy atom. The van der Waals surface area contributed by atoms with E-state index in [0.29, 0.717) is 10.7 Å². The standard InChI is InChI=1S/C23H17ClN4O4S/c24-16-9-11-17(12-10-16)33-22-8-4-1-5-18(22)25-23(29)19-13-14-27(26-19)15-32-21-7-3-2-6-20(21)28(30)31/h1-14H,15H2,(H,25,29). The number of carbonyl (C=O) groups excluding carboxylic acids is 1. The highest BCUT2D eigenvalue weighted by atomic mass is 35.5. The lowest BCUT2D eigenvalue weighted by Crippen LogP contribution is -2.14. The van der Waals surface area contributed by atoms with E-state index >= 15 is 0 Å². The van der Waals surface area contributed by atoms with E-state index in [-0.39, 0.29) is 29.8 Å². The molecule has 4 aromatic rings. The predicted molar refractivity (Wildman–Crippen MR) is 126 cm³/mol. The van der Waals surface area contributed by atoms with Crippen LogP contribution in [0.4, 0.5) is 11.4 Å². The van der Waals surface area contributed by atoms with Gasteiger partial charge in [0, 0.05) is 27.1 Å². The first-order valence-electron chi connectivity index (χ1n) is 9.73. The molecule has 0 unspecified atom stereocenters. The van der Waals surface area contributed by atoms with Crippen molar-refractivity contribution in [3.05, 3.63) is 106 Å². The molecule has 3 aromatic carbocycles. The third-order valence-electron chi connectivity index (χ3n) is 4.46. The van der Waals surface area contributed by atoms with Gasteiger partial charge in [0.05, 0.1) is 10.6 Å². The second kappa shape index (κ2) is 10.2. The average Bonchev–Trinajstić information content (AvgIpc) is 3.30. The monoisotopic (exact) mass is 480 g/mol. The van der Waals surface area contributed by atoms with Gasteiger partial charge in [0.15, 0.2) is 18.2 Å². The molecule has 1 aromatic heterocycles. The minimum atomic E-state index is -0.517. The molecular formula is C23H17ClN4O4S. The van der Waals surface area contributed by atoms with E-state index in [2.05, 4.69) is 10.4 Å². The topological polar surface area (TPSA) is 99.3 Å². The van der Waals surface area contributed by atoms with Crippen molar-refractivity contribution in [1.29, 1.82) is 0 Å². The fraction of sp³-hybridized carbons (Fsp3) is 0.0435. The van der Waals surface area contributed by atoms with Gasteiger partial charge in [0.1, 0.15) is 0 Å². The molecular weight excluding hydrogens is 464 g/mol. The summed E-state index contributed by atoms with van der Waals surface area (Å²) in [4.78, 5) is 25.2. The van der Waals surface area contributed by atoms with Crippen molar-refractivity contribution in [3.63, 3.8) is 0 Å². The smallest absolute Gasteiger partial charge is 0.311 e. The Labute approximate surface area is 198 Å². The predicted octanol–water partition coefficient (Wildman–Crippen LogP) is 5.88. The van der Waals surface area contributed by atoms with E-state index in [0.717, 1.165) is 9.79 Å². The summed E-state index contributed by atoms with van der Waals surface area (Å²) in [6, 6.07) is 22.5. The van der Waals surface area contributed by atoms with Crippen LogP contribution in [-0.4, -0.2) is 20.6 Å². The summed E-state index contributed by atoms with van der Waals surface area (Å²) >= 11 is 7.45. The van der Waals surface area contributed by atoms with E-state index in [4.69, 9.17) is 16.3 Å². The van der Waals surface area contributed by atoms with E-state index in [1.54, 1.807) is 24.4 Å². The van der Waals surface area contributed by atoms with Gasteiger partial charge in [-0.25, -0.2) is 4.68 Å². The zero-order chi connectivity index (χ0) is 23.2. The molecule has 1 heterocycles. The third-order valence-corrected chi connectivity index (χ3v) is 5.80. The van der Waals surface area contributed by atoms with Crippen molar-refractivity contribution < 1.29 is 14.5 Å².